The van der Waals surface area contributed by atoms with Crippen LogP contribution in [0, 0.1) is 0 Å². The van der Waals surface area contributed by atoms with Gasteiger partial charge in [-0.15, -0.1) is 0 Å². The minimum absolute atomic E-state index is 0.0517. The van der Waals surface area contributed by atoms with Crippen LogP contribution in [0.5, 0.6) is 11.5 Å². The fraction of sp³-hybridized carbons (Fsp3) is 0.458. The number of rotatable bonds is 7. The molecule has 0 radical (unpaired) electrons. The zero-order valence-electron chi connectivity index (χ0n) is 20.0. The molecule has 2 aromatic carbocycles. The molecule has 2 aliphatic heterocycles. The van der Waals surface area contributed by atoms with Gasteiger partial charge < -0.3 is 24.4 Å². The molecule has 1 fully saturated rings. The first-order chi connectivity index (χ1) is 16.2. The van der Waals surface area contributed by atoms with E-state index in [1.807, 2.05) is 24.8 Å². The molecule has 0 unspecified atom stereocenters. The fourth-order valence-corrected chi connectivity index (χ4v) is 5.08. The Morgan fingerprint density at radius 1 is 1.21 bits per heavy atom. The molecular weight excluding hydrogens is 458 g/mol. The summed E-state index contributed by atoms with van der Waals surface area (Å²) in [4.78, 5) is 15.7. The van der Waals surface area contributed by atoms with Crippen LogP contribution in [0.1, 0.15) is 29.8 Å². The summed E-state index contributed by atoms with van der Waals surface area (Å²) in [6.45, 7) is 6.59. The monoisotopic (exact) mass is 489 g/mol. The third-order valence-corrected chi connectivity index (χ3v) is 7.70. The van der Waals surface area contributed by atoms with E-state index in [-0.39, 0.29) is 16.6 Å². The first-order valence-electron chi connectivity index (χ1n) is 11.4. The molecule has 2 heterocycles. The highest BCUT2D eigenvalue weighted by atomic mass is 32.2. The van der Waals surface area contributed by atoms with E-state index in [0.717, 1.165) is 16.3 Å². The minimum atomic E-state index is -3.72. The lowest BCUT2D eigenvalue weighted by Crippen LogP contribution is -2.37. The number of sulfonamides is 1. The Morgan fingerprint density at radius 3 is 2.62 bits per heavy atom. The third kappa shape index (κ3) is 4.84. The number of carbonyl (C=O) groups excluding carboxylic acids is 1. The molecule has 184 valence electrons. The summed E-state index contributed by atoms with van der Waals surface area (Å²) in [6, 6.07) is 8.33. The number of hydrogen-bond donors (Lipinski definition) is 1. The van der Waals surface area contributed by atoms with Gasteiger partial charge in [0.15, 0.2) is 0 Å². The molecule has 34 heavy (non-hydrogen) atoms. The number of ether oxygens (including phenoxy) is 3. The maximum absolute atomic E-state index is 13.6. The highest BCUT2D eigenvalue weighted by Gasteiger charge is 2.26. The van der Waals surface area contributed by atoms with Gasteiger partial charge in [-0.05, 0) is 38.1 Å². The second kappa shape index (κ2) is 9.81. The molecular formula is C24H31N3O6S. The molecule has 2 aliphatic rings. The molecule has 10 heteroatoms. The second-order valence-electron chi connectivity index (χ2n) is 8.54. The Bertz CT molecular complexity index is 1180. The molecule has 1 N–H and O–H groups in total. The van der Waals surface area contributed by atoms with Crippen molar-refractivity contribution in [3.05, 3.63) is 41.5 Å². The molecule has 0 aliphatic carbocycles. The number of carbonyl (C=O) groups is 1. The van der Waals surface area contributed by atoms with Crippen molar-refractivity contribution < 1.29 is 27.4 Å². The molecule has 0 saturated carbocycles. The van der Waals surface area contributed by atoms with Gasteiger partial charge >= 0.3 is 0 Å². The summed E-state index contributed by atoms with van der Waals surface area (Å²) >= 11 is 0. The molecule has 9 nitrogen and oxygen atoms in total. The van der Waals surface area contributed by atoms with Crippen LogP contribution in [0.3, 0.4) is 0 Å². The Hall–Kier alpha value is -2.82. The summed E-state index contributed by atoms with van der Waals surface area (Å²) in [5.74, 6) is 0.838. The summed E-state index contributed by atoms with van der Waals surface area (Å²) < 4.78 is 43.8. The SMILES string of the molecule is CCOc1cc2c(cc1NC(=O)c1cc(S(=O)(=O)N(C)C)ccc1N1CCOCC1)O[C@@H](C)C2. The lowest BCUT2D eigenvalue weighted by molar-refractivity contribution is 0.102. The fourth-order valence-electron chi connectivity index (χ4n) is 4.15. The van der Waals surface area contributed by atoms with E-state index in [1.165, 1.54) is 26.2 Å². The van der Waals surface area contributed by atoms with E-state index < -0.39 is 15.9 Å². The van der Waals surface area contributed by atoms with E-state index in [9.17, 15) is 13.2 Å². The van der Waals surface area contributed by atoms with Crippen LogP contribution >= 0.6 is 0 Å². The normalized spacial score (nSPS) is 17.9. The molecule has 1 atom stereocenters. The molecule has 0 aromatic heterocycles. The number of fused-ring (bicyclic) bond motifs is 1. The number of anilines is 2. The largest absolute Gasteiger partial charge is 0.492 e. The quantitative estimate of drug-likeness (QED) is 0.639. The van der Waals surface area contributed by atoms with Gasteiger partial charge in [0.05, 0.1) is 36.0 Å². The van der Waals surface area contributed by atoms with Crippen molar-refractivity contribution in [2.24, 2.45) is 0 Å². The summed E-state index contributed by atoms with van der Waals surface area (Å²) in [6.07, 6.45) is 0.825. The molecule has 1 amide bonds. The Balaban J connectivity index is 1.74. The standard InChI is InChI=1S/C24H31N3O6S/c1-5-32-23-13-17-12-16(2)33-22(17)15-20(23)25-24(28)19-14-18(34(29,30)26(3)4)6-7-21(19)27-8-10-31-11-9-27/h6-7,13-16H,5,8-12H2,1-4H3,(H,25,28)/t16-/m0/s1. The van der Waals surface area contributed by atoms with Crippen LogP contribution in [-0.2, 0) is 21.2 Å². The van der Waals surface area contributed by atoms with Crippen molar-refractivity contribution >= 4 is 27.3 Å². The molecule has 0 spiro atoms. The average Bonchev–Trinajstić information content (AvgIpc) is 3.18. The zero-order chi connectivity index (χ0) is 24.5. The van der Waals surface area contributed by atoms with Gasteiger partial charge in [-0.2, -0.15) is 0 Å². The van der Waals surface area contributed by atoms with Gasteiger partial charge in [0.1, 0.15) is 17.6 Å². The summed E-state index contributed by atoms with van der Waals surface area (Å²) in [5.41, 5.74) is 2.43. The maximum atomic E-state index is 13.6. The van der Waals surface area contributed by atoms with Crippen LogP contribution in [0.15, 0.2) is 35.2 Å². The van der Waals surface area contributed by atoms with E-state index in [4.69, 9.17) is 14.2 Å². The number of hydrogen-bond acceptors (Lipinski definition) is 7. The smallest absolute Gasteiger partial charge is 0.257 e. The van der Waals surface area contributed by atoms with Gasteiger partial charge in [0, 0.05) is 50.9 Å². The molecule has 0 bridgehead atoms. The van der Waals surface area contributed by atoms with Gasteiger partial charge in [0.25, 0.3) is 5.91 Å². The highest BCUT2D eigenvalue weighted by molar-refractivity contribution is 7.89. The summed E-state index contributed by atoms with van der Waals surface area (Å²) in [5, 5.41) is 2.93. The number of amides is 1. The lowest BCUT2D eigenvalue weighted by Gasteiger charge is -2.30. The first kappa shape index (κ1) is 24.3. The van der Waals surface area contributed by atoms with Crippen LogP contribution < -0.4 is 19.7 Å². The first-order valence-corrected chi connectivity index (χ1v) is 12.8. The summed E-state index contributed by atoms with van der Waals surface area (Å²) in [7, 11) is -0.792. The van der Waals surface area contributed by atoms with E-state index in [1.54, 1.807) is 12.1 Å². The number of morpholine rings is 1. The van der Waals surface area contributed by atoms with Crippen molar-refractivity contribution in [3.63, 3.8) is 0 Å². The van der Waals surface area contributed by atoms with Crippen LogP contribution in [-0.4, -0.2) is 71.7 Å². The maximum Gasteiger partial charge on any atom is 0.257 e. The van der Waals surface area contributed by atoms with Gasteiger partial charge in [0.2, 0.25) is 10.0 Å². The van der Waals surface area contributed by atoms with E-state index in [2.05, 4.69) is 5.32 Å². The van der Waals surface area contributed by atoms with Crippen molar-refractivity contribution in [2.75, 3.05) is 57.2 Å². The predicted octanol–water partition coefficient (Wildman–Crippen LogP) is 2.75. The molecule has 2 aromatic rings. The van der Waals surface area contributed by atoms with E-state index in [0.29, 0.717) is 55.8 Å². The van der Waals surface area contributed by atoms with Crippen LogP contribution in [0.4, 0.5) is 11.4 Å². The topological polar surface area (TPSA) is 97.4 Å². The van der Waals surface area contributed by atoms with Gasteiger partial charge in [-0.1, -0.05) is 0 Å². The third-order valence-electron chi connectivity index (χ3n) is 5.89. The number of nitrogens with one attached hydrogen (secondary N) is 1. The van der Waals surface area contributed by atoms with Crippen molar-refractivity contribution in [1.29, 1.82) is 0 Å². The second-order valence-corrected chi connectivity index (χ2v) is 10.7. The minimum Gasteiger partial charge on any atom is -0.492 e. The van der Waals surface area contributed by atoms with Crippen LogP contribution in [0.2, 0.25) is 0 Å². The zero-order valence-corrected chi connectivity index (χ0v) is 20.8. The molecule has 1 saturated heterocycles. The van der Waals surface area contributed by atoms with Crippen molar-refractivity contribution in [1.82, 2.24) is 4.31 Å². The number of benzene rings is 2. The van der Waals surface area contributed by atoms with Gasteiger partial charge in [-0.3, -0.25) is 4.79 Å². The van der Waals surface area contributed by atoms with Crippen LogP contribution in [0.25, 0.3) is 0 Å². The van der Waals surface area contributed by atoms with Crippen molar-refractivity contribution in [2.45, 2.75) is 31.3 Å². The Morgan fingerprint density at radius 2 is 1.94 bits per heavy atom. The number of nitrogens with zero attached hydrogens (tertiary/aromatic N) is 2. The average molecular weight is 490 g/mol. The lowest BCUT2D eigenvalue weighted by atomic mass is 10.1. The highest BCUT2D eigenvalue weighted by Crippen LogP contribution is 2.38. The predicted molar refractivity (Wildman–Crippen MR) is 130 cm³/mol. The van der Waals surface area contributed by atoms with Gasteiger partial charge in [-0.25, -0.2) is 12.7 Å². The Labute approximate surface area is 200 Å². The Kier molecular flexibility index (Phi) is 7.01. The molecule has 4 rings (SSSR count). The van der Waals surface area contributed by atoms with Crippen molar-refractivity contribution in [3.8, 4) is 11.5 Å². The van der Waals surface area contributed by atoms with E-state index >= 15 is 0 Å².